The van der Waals surface area contributed by atoms with Crippen LogP contribution in [0.15, 0.2) is 41.9 Å². The third kappa shape index (κ3) is 6.05. The Kier molecular flexibility index (Phi) is 11.1. The molecule has 1 aromatic carbocycles. The maximum absolute atomic E-state index is 14.0. The Morgan fingerprint density at radius 3 is 2.45 bits per heavy atom. The molecule has 3 aromatic rings. The Morgan fingerprint density at radius 1 is 1.06 bits per heavy atom. The number of hydrogen-bond donors (Lipinski definition) is 0. The van der Waals surface area contributed by atoms with E-state index in [1.54, 1.807) is 17.4 Å². The third-order valence-electron chi connectivity index (χ3n) is 5.33. The molecular formula is C21H28Cl3FN4OS. The van der Waals surface area contributed by atoms with Gasteiger partial charge in [-0.25, -0.2) is 4.39 Å². The van der Waals surface area contributed by atoms with Gasteiger partial charge < -0.3 is 9.64 Å². The van der Waals surface area contributed by atoms with Gasteiger partial charge in [-0.05, 0) is 30.0 Å². The average Bonchev–Trinajstić information content (AvgIpc) is 3.36. The van der Waals surface area contributed by atoms with Gasteiger partial charge in [-0.2, -0.15) is 5.10 Å². The molecule has 10 heteroatoms. The van der Waals surface area contributed by atoms with Crippen LogP contribution in [0.25, 0.3) is 10.6 Å². The van der Waals surface area contributed by atoms with E-state index in [2.05, 4.69) is 32.4 Å². The van der Waals surface area contributed by atoms with Crippen molar-refractivity contribution in [2.24, 2.45) is 7.05 Å². The summed E-state index contributed by atoms with van der Waals surface area (Å²) in [5, 5.41) is 6.57. The first-order chi connectivity index (χ1) is 13.7. The molecule has 0 aliphatic carbocycles. The summed E-state index contributed by atoms with van der Waals surface area (Å²) in [6, 6.07) is 9.35. The molecule has 0 N–H and O–H groups in total. The Balaban J connectivity index is 0.00000160. The highest BCUT2D eigenvalue weighted by molar-refractivity contribution is 7.13. The van der Waals surface area contributed by atoms with Crippen LogP contribution in [0.4, 0.5) is 10.1 Å². The van der Waals surface area contributed by atoms with E-state index in [1.807, 2.05) is 24.0 Å². The first-order valence-electron chi connectivity index (χ1n) is 9.52. The first kappa shape index (κ1) is 27.5. The predicted molar refractivity (Wildman–Crippen MR) is 134 cm³/mol. The highest BCUT2D eigenvalue weighted by atomic mass is 35.5. The lowest BCUT2D eigenvalue weighted by atomic mass is 10.1. The van der Waals surface area contributed by atoms with Gasteiger partial charge in [-0.3, -0.25) is 9.58 Å². The van der Waals surface area contributed by atoms with Crippen molar-refractivity contribution in [2.75, 3.05) is 44.7 Å². The molecule has 5 nitrogen and oxygen atoms in total. The van der Waals surface area contributed by atoms with Gasteiger partial charge in [-0.1, -0.05) is 12.1 Å². The van der Waals surface area contributed by atoms with Crippen molar-refractivity contribution in [1.29, 1.82) is 0 Å². The maximum Gasteiger partial charge on any atom is 0.177 e. The average molecular weight is 510 g/mol. The van der Waals surface area contributed by atoms with E-state index in [4.69, 9.17) is 4.74 Å². The number of para-hydroxylation sites is 1. The van der Waals surface area contributed by atoms with Crippen LogP contribution in [-0.2, 0) is 13.5 Å². The Bertz CT molecular complexity index is 931. The zero-order chi connectivity index (χ0) is 19.5. The van der Waals surface area contributed by atoms with Crippen molar-refractivity contribution >= 4 is 54.2 Å². The third-order valence-corrected chi connectivity index (χ3v) is 6.21. The number of halogens is 4. The van der Waals surface area contributed by atoms with Gasteiger partial charge in [0.2, 0.25) is 0 Å². The van der Waals surface area contributed by atoms with Gasteiger partial charge in [0.05, 0.1) is 29.6 Å². The zero-order valence-corrected chi connectivity index (χ0v) is 20.8. The molecule has 1 aliphatic heterocycles. The second-order valence-electron chi connectivity index (χ2n) is 6.99. The second-order valence-corrected chi connectivity index (χ2v) is 7.94. The van der Waals surface area contributed by atoms with Gasteiger partial charge >= 0.3 is 0 Å². The summed E-state index contributed by atoms with van der Waals surface area (Å²) in [7, 11) is 3.53. The first-order valence-corrected chi connectivity index (χ1v) is 10.4. The molecule has 31 heavy (non-hydrogen) atoms. The van der Waals surface area contributed by atoms with Crippen molar-refractivity contribution < 1.29 is 9.13 Å². The topological polar surface area (TPSA) is 33.5 Å². The van der Waals surface area contributed by atoms with E-state index in [1.165, 1.54) is 29.3 Å². The molecule has 0 saturated carbocycles. The zero-order valence-electron chi connectivity index (χ0n) is 17.5. The minimum atomic E-state index is -0.305. The molecule has 0 bridgehead atoms. The maximum atomic E-state index is 14.0. The van der Waals surface area contributed by atoms with Crippen molar-refractivity contribution in [2.45, 2.75) is 6.42 Å². The molecule has 1 saturated heterocycles. The monoisotopic (exact) mass is 508 g/mol. The van der Waals surface area contributed by atoms with Crippen molar-refractivity contribution in [3.8, 4) is 16.3 Å². The lowest BCUT2D eigenvalue weighted by Gasteiger charge is -2.36. The number of thiophene rings is 1. The SMILES string of the molecule is COc1c(F)cccc1N1CCN(CCc2cnn(C)c2-c2cccs2)CC1.Cl.Cl.Cl. The summed E-state index contributed by atoms with van der Waals surface area (Å²) < 4.78 is 21.2. The number of ether oxygens (including phenoxy) is 1. The molecule has 3 heterocycles. The van der Waals surface area contributed by atoms with Crippen LogP contribution in [0, 0.1) is 5.82 Å². The molecular weight excluding hydrogens is 482 g/mol. The number of methoxy groups -OCH3 is 1. The largest absolute Gasteiger partial charge is 0.492 e. The number of hydrogen-bond acceptors (Lipinski definition) is 5. The Morgan fingerprint density at radius 2 is 1.81 bits per heavy atom. The molecule has 172 valence electrons. The van der Waals surface area contributed by atoms with Crippen LogP contribution < -0.4 is 9.64 Å². The summed E-state index contributed by atoms with van der Waals surface area (Å²) in [6.45, 7) is 4.63. The molecule has 0 radical (unpaired) electrons. The molecule has 4 rings (SSSR count). The van der Waals surface area contributed by atoms with Gasteiger partial charge in [0, 0.05) is 45.3 Å². The fourth-order valence-electron chi connectivity index (χ4n) is 3.84. The summed E-state index contributed by atoms with van der Waals surface area (Å²) in [4.78, 5) is 5.94. The van der Waals surface area contributed by atoms with E-state index in [0.29, 0.717) is 5.75 Å². The summed E-state index contributed by atoms with van der Waals surface area (Å²) in [5.74, 6) is 0.0343. The highest BCUT2D eigenvalue weighted by Gasteiger charge is 2.22. The predicted octanol–water partition coefficient (Wildman–Crippen LogP) is 4.93. The molecule has 2 aromatic heterocycles. The van der Waals surface area contributed by atoms with Crippen molar-refractivity contribution in [1.82, 2.24) is 14.7 Å². The molecule has 0 spiro atoms. The second kappa shape index (κ2) is 12.5. The molecule has 0 atom stereocenters. The van der Waals surface area contributed by atoms with Crippen LogP contribution in [0.3, 0.4) is 0 Å². The van der Waals surface area contributed by atoms with E-state index < -0.39 is 0 Å². The van der Waals surface area contributed by atoms with E-state index in [9.17, 15) is 4.39 Å². The minimum absolute atomic E-state index is 0. The van der Waals surface area contributed by atoms with E-state index in [0.717, 1.165) is 44.8 Å². The highest BCUT2D eigenvalue weighted by Crippen LogP contribution is 2.32. The van der Waals surface area contributed by atoms with Crippen LogP contribution in [-0.4, -0.2) is 54.5 Å². The summed E-state index contributed by atoms with van der Waals surface area (Å²) >= 11 is 1.75. The van der Waals surface area contributed by atoms with Crippen LogP contribution >= 0.6 is 48.6 Å². The van der Waals surface area contributed by atoms with Gasteiger partial charge in [0.25, 0.3) is 0 Å². The van der Waals surface area contributed by atoms with Crippen molar-refractivity contribution in [3.05, 3.63) is 53.3 Å². The Hall–Kier alpha value is -1.51. The number of nitrogens with zero attached hydrogens (tertiary/aromatic N) is 4. The molecule has 0 amide bonds. The van der Waals surface area contributed by atoms with Crippen LogP contribution in [0.5, 0.6) is 5.75 Å². The molecule has 0 unspecified atom stereocenters. The number of rotatable bonds is 6. The molecule has 1 fully saturated rings. The minimum Gasteiger partial charge on any atom is -0.492 e. The normalized spacial score (nSPS) is 13.7. The fraction of sp³-hybridized carbons (Fsp3) is 0.381. The number of piperazine rings is 1. The molecule has 1 aliphatic rings. The number of aryl methyl sites for hydroxylation is 1. The van der Waals surface area contributed by atoms with Gasteiger partial charge in [0.15, 0.2) is 11.6 Å². The quantitative estimate of drug-likeness (QED) is 0.472. The van der Waals surface area contributed by atoms with E-state index >= 15 is 0 Å². The number of anilines is 1. The van der Waals surface area contributed by atoms with Crippen LogP contribution in [0.1, 0.15) is 5.56 Å². The van der Waals surface area contributed by atoms with Crippen LogP contribution in [0.2, 0.25) is 0 Å². The lowest BCUT2D eigenvalue weighted by molar-refractivity contribution is 0.260. The fourth-order valence-corrected chi connectivity index (χ4v) is 4.67. The van der Waals surface area contributed by atoms with Crippen molar-refractivity contribution in [3.63, 3.8) is 0 Å². The smallest absolute Gasteiger partial charge is 0.177 e. The summed E-state index contributed by atoms with van der Waals surface area (Å²) in [5.41, 5.74) is 3.35. The Labute approximate surface area is 205 Å². The van der Waals surface area contributed by atoms with Gasteiger partial charge in [-0.15, -0.1) is 48.6 Å². The number of aromatic nitrogens is 2. The standard InChI is InChI=1S/C21H25FN4OS.3ClH/c1-24-20(19-7-4-14-28-19)16(15-23-24)8-9-25-10-12-26(13-11-25)18-6-3-5-17(22)21(18)27-2;;;/h3-7,14-15H,8-13H2,1-2H3;3*1H. The lowest BCUT2D eigenvalue weighted by Crippen LogP contribution is -2.47. The van der Waals surface area contributed by atoms with E-state index in [-0.39, 0.29) is 43.0 Å². The number of benzene rings is 1. The van der Waals surface area contributed by atoms with Gasteiger partial charge in [0.1, 0.15) is 0 Å². The summed E-state index contributed by atoms with van der Waals surface area (Å²) in [6.07, 6.45) is 2.97.